The number of carbonyl (C=O) groups excluding carboxylic acids is 1. The zero-order valence-corrected chi connectivity index (χ0v) is 11.8. The first-order valence-corrected chi connectivity index (χ1v) is 6.81. The Morgan fingerprint density at radius 1 is 1.37 bits per heavy atom. The summed E-state index contributed by atoms with van der Waals surface area (Å²) in [5.41, 5.74) is 1.25. The molecule has 0 aromatic heterocycles. The van der Waals surface area contributed by atoms with Crippen molar-refractivity contribution >= 4 is 5.97 Å². The molecule has 0 amide bonds. The van der Waals surface area contributed by atoms with Crippen LogP contribution in [-0.4, -0.2) is 31.1 Å². The number of allylic oxidation sites excluding steroid dienone is 2. The fraction of sp³-hybridized carbons (Fsp3) is 0.667. The summed E-state index contributed by atoms with van der Waals surface area (Å²) in [5, 5.41) is 0. The van der Waals surface area contributed by atoms with Crippen LogP contribution in [0, 0.1) is 0 Å². The summed E-state index contributed by atoms with van der Waals surface area (Å²) in [4.78, 5) is 11.0. The van der Waals surface area contributed by atoms with Crippen LogP contribution >= 0.6 is 0 Å². The molecule has 4 nitrogen and oxygen atoms in total. The van der Waals surface area contributed by atoms with Gasteiger partial charge in [0.25, 0.3) is 0 Å². The highest BCUT2D eigenvalue weighted by Gasteiger charge is 2.42. The number of carbonyl (C=O) groups is 1. The van der Waals surface area contributed by atoms with Crippen molar-refractivity contribution in [1.29, 1.82) is 0 Å². The molecule has 0 spiro atoms. The smallest absolute Gasteiger partial charge is 0.305 e. The Bertz CT molecular complexity index is 395. The molecule has 2 atom stereocenters. The van der Waals surface area contributed by atoms with Crippen molar-refractivity contribution in [3.8, 4) is 0 Å². The largest absolute Gasteiger partial charge is 0.469 e. The Kier molecular flexibility index (Phi) is 4.42. The lowest BCUT2D eigenvalue weighted by molar-refractivity contribution is -0.140. The molecule has 2 aliphatic rings. The Morgan fingerprint density at radius 3 is 2.89 bits per heavy atom. The molecule has 0 aromatic carbocycles. The standard InChI is InChI=1S/C15H22O4/c1-15(2)18-12-9-6-8-11(14(12)19-15)7-4-5-10-13(16)17-3/h6,8-9,12,14H,4-5,7,10H2,1-3H3/t12-,14+/m0/s1. The second-order valence-corrected chi connectivity index (χ2v) is 5.43. The summed E-state index contributed by atoms with van der Waals surface area (Å²) < 4.78 is 16.4. The first-order valence-electron chi connectivity index (χ1n) is 6.81. The van der Waals surface area contributed by atoms with Gasteiger partial charge in [-0.05, 0) is 38.7 Å². The van der Waals surface area contributed by atoms with Gasteiger partial charge in [0, 0.05) is 6.42 Å². The summed E-state index contributed by atoms with van der Waals surface area (Å²) in [6.45, 7) is 3.88. The number of rotatable bonds is 5. The fourth-order valence-electron chi connectivity index (χ4n) is 2.53. The van der Waals surface area contributed by atoms with Crippen LogP contribution in [0.1, 0.15) is 39.5 Å². The van der Waals surface area contributed by atoms with Crippen LogP contribution in [-0.2, 0) is 19.0 Å². The van der Waals surface area contributed by atoms with E-state index in [1.165, 1.54) is 12.7 Å². The Labute approximate surface area is 114 Å². The summed E-state index contributed by atoms with van der Waals surface area (Å²) >= 11 is 0. The molecule has 1 aliphatic carbocycles. The topological polar surface area (TPSA) is 44.8 Å². The Balaban J connectivity index is 1.82. The molecule has 0 radical (unpaired) electrons. The van der Waals surface area contributed by atoms with Gasteiger partial charge in [-0.3, -0.25) is 4.79 Å². The molecule has 1 heterocycles. The van der Waals surface area contributed by atoms with Gasteiger partial charge in [0.1, 0.15) is 12.2 Å². The highest BCUT2D eigenvalue weighted by atomic mass is 16.7. The van der Waals surface area contributed by atoms with E-state index in [0.29, 0.717) is 6.42 Å². The third kappa shape index (κ3) is 3.67. The van der Waals surface area contributed by atoms with Crippen molar-refractivity contribution in [3.05, 3.63) is 23.8 Å². The fourth-order valence-corrected chi connectivity index (χ4v) is 2.53. The van der Waals surface area contributed by atoms with Crippen LogP contribution in [0.15, 0.2) is 23.8 Å². The molecule has 0 aromatic rings. The van der Waals surface area contributed by atoms with Crippen LogP contribution in [0.3, 0.4) is 0 Å². The van der Waals surface area contributed by atoms with Crippen molar-refractivity contribution in [1.82, 2.24) is 0 Å². The molecule has 106 valence electrons. The maximum atomic E-state index is 11.0. The van der Waals surface area contributed by atoms with E-state index in [0.717, 1.165) is 19.3 Å². The van der Waals surface area contributed by atoms with Crippen molar-refractivity contribution in [2.24, 2.45) is 0 Å². The predicted molar refractivity (Wildman–Crippen MR) is 71.5 cm³/mol. The van der Waals surface area contributed by atoms with Crippen molar-refractivity contribution in [2.75, 3.05) is 7.11 Å². The molecule has 4 heteroatoms. The van der Waals surface area contributed by atoms with E-state index in [2.05, 4.69) is 10.8 Å². The number of ether oxygens (including phenoxy) is 3. The van der Waals surface area contributed by atoms with Gasteiger partial charge in [0.2, 0.25) is 0 Å². The molecule has 0 N–H and O–H groups in total. The average Bonchev–Trinajstić information content (AvgIpc) is 2.68. The summed E-state index contributed by atoms with van der Waals surface area (Å²) in [6, 6.07) is 0. The number of methoxy groups -OCH3 is 1. The van der Waals surface area contributed by atoms with Gasteiger partial charge >= 0.3 is 5.97 Å². The minimum absolute atomic E-state index is 0.0237. The highest BCUT2D eigenvalue weighted by molar-refractivity contribution is 5.68. The van der Waals surface area contributed by atoms with Gasteiger partial charge < -0.3 is 14.2 Å². The van der Waals surface area contributed by atoms with Gasteiger partial charge in [0.05, 0.1) is 7.11 Å². The van der Waals surface area contributed by atoms with E-state index < -0.39 is 5.79 Å². The zero-order chi connectivity index (χ0) is 13.9. The van der Waals surface area contributed by atoms with Crippen LogP contribution in [0.25, 0.3) is 0 Å². The second kappa shape index (κ2) is 5.88. The van der Waals surface area contributed by atoms with Crippen LogP contribution < -0.4 is 0 Å². The first-order chi connectivity index (χ1) is 9.02. The van der Waals surface area contributed by atoms with E-state index in [1.54, 1.807) is 0 Å². The maximum absolute atomic E-state index is 11.0. The number of esters is 1. The van der Waals surface area contributed by atoms with Gasteiger partial charge in [-0.1, -0.05) is 18.2 Å². The second-order valence-electron chi connectivity index (χ2n) is 5.43. The molecule has 0 saturated carbocycles. The molecular formula is C15H22O4. The molecule has 0 unspecified atom stereocenters. The van der Waals surface area contributed by atoms with Crippen LogP contribution in [0.5, 0.6) is 0 Å². The van der Waals surface area contributed by atoms with Crippen molar-refractivity contribution in [2.45, 2.75) is 57.5 Å². The predicted octanol–water partition coefficient (Wildman–Crippen LogP) is 2.74. The molecular weight excluding hydrogens is 244 g/mol. The van der Waals surface area contributed by atoms with Crippen molar-refractivity contribution < 1.29 is 19.0 Å². The van der Waals surface area contributed by atoms with Crippen molar-refractivity contribution in [3.63, 3.8) is 0 Å². The third-order valence-corrected chi connectivity index (χ3v) is 3.43. The number of hydrogen-bond donors (Lipinski definition) is 0. The minimum atomic E-state index is -0.519. The lowest BCUT2D eigenvalue weighted by Crippen LogP contribution is -2.25. The monoisotopic (exact) mass is 266 g/mol. The summed E-state index contributed by atoms with van der Waals surface area (Å²) in [7, 11) is 1.42. The highest BCUT2D eigenvalue weighted by Crippen LogP contribution is 2.36. The molecule has 19 heavy (non-hydrogen) atoms. The lowest BCUT2D eigenvalue weighted by atomic mass is 9.94. The normalized spacial score (nSPS) is 27.8. The maximum Gasteiger partial charge on any atom is 0.305 e. The quantitative estimate of drug-likeness (QED) is 0.567. The van der Waals surface area contributed by atoms with Gasteiger partial charge in [-0.25, -0.2) is 0 Å². The van der Waals surface area contributed by atoms with Gasteiger partial charge in [-0.2, -0.15) is 0 Å². The van der Waals surface area contributed by atoms with E-state index in [1.807, 2.05) is 26.0 Å². The number of fused-ring (bicyclic) bond motifs is 1. The minimum Gasteiger partial charge on any atom is -0.469 e. The first kappa shape index (κ1) is 14.3. The van der Waals surface area contributed by atoms with E-state index in [-0.39, 0.29) is 18.2 Å². The number of hydrogen-bond acceptors (Lipinski definition) is 4. The average molecular weight is 266 g/mol. The zero-order valence-electron chi connectivity index (χ0n) is 11.8. The lowest BCUT2D eigenvalue weighted by Gasteiger charge is -2.21. The third-order valence-electron chi connectivity index (χ3n) is 3.43. The van der Waals surface area contributed by atoms with Gasteiger partial charge in [0.15, 0.2) is 5.79 Å². The molecule has 1 saturated heterocycles. The molecule has 1 fully saturated rings. The summed E-state index contributed by atoms with van der Waals surface area (Å²) in [5.74, 6) is -0.660. The summed E-state index contributed by atoms with van der Waals surface area (Å²) in [6.07, 6.45) is 9.44. The Hall–Kier alpha value is -1.13. The van der Waals surface area contributed by atoms with E-state index in [4.69, 9.17) is 9.47 Å². The molecule has 2 rings (SSSR count). The van der Waals surface area contributed by atoms with E-state index >= 15 is 0 Å². The number of unbranched alkanes of at least 4 members (excludes halogenated alkanes) is 1. The SMILES string of the molecule is COC(=O)CCCCC1=CC=C[C@@H]2OC(C)(C)O[C@H]12. The molecule has 1 aliphatic heterocycles. The van der Waals surface area contributed by atoms with E-state index in [9.17, 15) is 4.79 Å². The van der Waals surface area contributed by atoms with Crippen LogP contribution in [0.4, 0.5) is 0 Å². The van der Waals surface area contributed by atoms with Crippen LogP contribution in [0.2, 0.25) is 0 Å². The Morgan fingerprint density at radius 2 is 2.16 bits per heavy atom. The van der Waals surface area contributed by atoms with Gasteiger partial charge in [-0.15, -0.1) is 0 Å². The molecule has 0 bridgehead atoms.